The standard InChI is InChI=1S/C26H20FN2O3P/c27-24-17-19(29(31)32)15-16-22(24)23-13-7-8-14-25(23)33(18-26(28)30,20-9-3-1-4-10-20)21-11-5-2-6-12-21/h1-17H,18H2,(H-,28,30)/p+1. The van der Waals surface area contributed by atoms with Crippen molar-refractivity contribution in [3.63, 3.8) is 0 Å². The molecule has 0 fully saturated rings. The van der Waals surface area contributed by atoms with Crippen LogP contribution in [0.25, 0.3) is 11.1 Å². The minimum Gasteiger partial charge on any atom is -0.366 e. The lowest BCUT2D eigenvalue weighted by Crippen LogP contribution is -2.38. The third-order valence-corrected chi connectivity index (χ3v) is 9.91. The fourth-order valence-electron chi connectivity index (χ4n) is 4.16. The summed E-state index contributed by atoms with van der Waals surface area (Å²) in [6.45, 7) is 0. The molecule has 1 amide bonds. The second-order valence-corrected chi connectivity index (χ2v) is 11.0. The number of rotatable bonds is 7. The van der Waals surface area contributed by atoms with E-state index in [4.69, 9.17) is 5.73 Å². The molecule has 0 spiro atoms. The summed E-state index contributed by atoms with van der Waals surface area (Å²) in [5.41, 5.74) is 6.29. The maximum atomic E-state index is 15.1. The summed E-state index contributed by atoms with van der Waals surface area (Å²) in [6, 6.07) is 30.2. The topological polar surface area (TPSA) is 86.2 Å². The van der Waals surface area contributed by atoms with Crippen LogP contribution in [0.5, 0.6) is 0 Å². The first-order valence-electron chi connectivity index (χ1n) is 10.2. The highest BCUT2D eigenvalue weighted by Crippen LogP contribution is 2.56. The highest BCUT2D eigenvalue weighted by Gasteiger charge is 2.48. The van der Waals surface area contributed by atoms with Crippen LogP contribution in [0.2, 0.25) is 0 Å². The zero-order chi connectivity index (χ0) is 23.4. The first-order chi connectivity index (χ1) is 15.9. The Hall–Kier alpha value is -3.89. The average molecular weight is 459 g/mol. The SMILES string of the molecule is NC(=O)C[P+](c1ccccc1)(c1ccccc1)c1ccccc1-c1ccc([N+](=O)[O-])cc1F. The molecule has 0 aromatic heterocycles. The van der Waals surface area contributed by atoms with Crippen molar-refractivity contribution in [3.8, 4) is 11.1 Å². The molecule has 5 nitrogen and oxygen atoms in total. The van der Waals surface area contributed by atoms with Crippen molar-refractivity contribution in [3.05, 3.63) is 119 Å². The van der Waals surface area contributed by atoms with Crippen molar-refractivity contribution in [2.75, 3.05) is 6.16 Å². The molecule has 4 aromatic rings. The molecule has 4 rings (SSSR count). The van der Waals surface area contributed by atoms with Gasteiger partial charge in [-0.15, -0.1) is 0 Å². The number of hydrogen-bond donors (Lipinski definition) is 1. The number of nitrogens with zero attached hydrogens (tertiary/aromatic N) is 1. The quantitative estimate of drug-likeness (QED) is 0.256. The number of non-ortho nitro benzene ring substituents is 1. The monoisotopic (exact) mass is 459 g/mol. The van der Waals surface area contributed by atoms with E-state index >= 15 is 4.39 Å². The van der Waals surface area contributed by atoms with Gasteiger partial charge < -0.3 is 5.73 Å². The molecule has 2 N–H and O–H groups in total. The number of benzene rings is 4. The van der Waals surface area contributed by atoms with Crippen molar-refractivity contribution < 1.29 is 14.1 Å². The van der Waals surface area contributed by atoms with Crippen LogP contribution in [0.1, 0.15) is 0 Å². The van der Waals surface area contributed by atoms with Gasteiger partial charge in [0.1, 0.15) is 29.0 Å². The van der Waals surface area contributed by atoms with E-state index in [9.17, 15) is 14.9 Å². The number of carbonyl (C=O) groups excluding carboxylic acids is 1. The molecule has 0 saturated heterocycles. The normalized spacial score (nSPS) is 11.2. The summed E-state index contributed by atoms with van der Waals surface area (Å²) in [5.74, 6) is -1.16. The number of halogens is 1. The Morgan fingerprint density at radius 3 is 1.88 bits per heavy atom. The van der Waals surface area contributed by atoms with Crippen LogP contribution in [-0.4, -0.2) is 17.0 Å². The van der Waals surface area contributed by atoms with Gasteiger partial charge >= 0.3 is 0 Å². The van der Waals surface area contributed by atoms with Gasteiger partial charge in [0.25, 0.3) is 11.6 Å². The van der Waals surface area contributed by atoms with E-state index in [-0.39, 0.29) is 17.4 Å². The molecular weight excluding hydrogens is 438 g/mol. The second kappa shape index (κ2) is 9.31. The lowest BCUT2D eigenvalue weighted by molar-refractivity contribution is -0.385. The van der Waals surface area contributed by atoms with E-state index < -0.39 is 23.9 Å². The van der Waals surface area contributed by atoms with E-state index in [0.717, 1.165) is 22.0 Å². The largest absolute Gasteiger partial charge is 0.366 e. The molecule has 0 aliphatic heterocycles. The van der Waals surface area contributed by atoms with Gasteiger partial charge in [0.15, 0.2) is 6.16 Å². The number of primary amides is 1. The van der Waals surface area contributed by atoms with Crippen molar-refractivity contribution in [1.82, 2.24) is 0 Å². The van der Waals surface area contributed by atoms with E-state index in [2.05, 4.69) is 0 Å². The molecule has 33 heavy (non-hydrogen) atoms. The minimum absolute atomic E-state index is 0.0621. The molecule has 0 aliphatic carbocycles. The van der Waals surface area contributed by atoms with E-state index in [1.165, 1.54) is 12.1 Å². The van der Waals surface area contributed by atoms with Gasteiger partial charge in [-0.2, -0.15) is 0 Å². The third-order valence-electron chi connectivity index (χ3n) is 5.56. The van der Waals surface area contributed by atoms with Gasteiger partial charge in [0, 0.05) is 17.2 Å². The molecule has 164 valence electrons. The number of nitro groups is 1. The van der Waals surface area contributed by atoms with Crippen molar-refractivity contribution >= 4 is 34.8 Å². The molecular formula is C26H21FN2O3P+. The fraction of sp³-hybridized carbons (Fsp3) is 0.0385. The molecule has 0 bridgehead atoms. The van der Waals surface area contributed by atoms with Gasteiger partial charge in [-0.05, 0) is 36.4 Å². The Bertz CT molecular complexity index is 1270. The van der Waals surface area contributed by atoms with Crippen LogP contribution < -0.4 is 21.6 Å². The Morgan fingerprint density at radius 1 is 0.818 bits per heavy atom. The maximum Gasteiger partial charge on any atom is 0.272 e. The summed E-state index contributed by atoms with van der Waals surface area (Å²) in [6.07, 6.45) is 0.0621. The number of amides is 1. The van der Waals surface area contributed by atoms with E-state index in [1.807, 2.05) is 72.8 Å². The van der Waals surface area contributed by atoms with Crippen LogP contribution >= 0.6 is 7.26 Å². The summed E-state index contributed by atoms with van der Waals surface area (Å²) in [7, 11) is -2.64. The second-order valence-electron chi connectivity index (χ2n) is 7.54. The Balaban J connectivity index is 2.07. The van der Waals surface area contributed by atoms with Crippen LogP contribution in [0.15, 0.2) is 103 Å². The summed E-state index contributed by atoms with van der Waals surface area (Å²) in [4.78, 5) is 23.0. The highest BCUT2D eigenvalue weighted by molar-refractivity contribution is 7.96. The van der Waals surface area contributed by atoms with Gasteiger partial charge in [-0.25, -0.2) is 4.39 Å². The average Bonchev–Trinajstić information content (AvgIpc) is 2.83. The molecule has 0 heterocycles. The number of nitro benzene ring substituents is 1. The van der Waals surface area contributed by atoms with Crippen LogP contribution in [0.3, 0.4) is 0 Å². The van der Waals surface area contributed by atoms with Crippen molar-refractivity contribution in [2.45, 2.75) is 0 Å². The van der Waals surface area contributed by atoms with E-state index in [1.54, 1.807) is 12.1 Å². The zero-order valence-electron chi connectivity index (χ0n) is 17.6. The fourth-order valence-corrected chi connectivity index (χ4v) is 8.33. The molecule has 4 aromatic carbocycles. The number of nitrogens with two attached hydrogens (primary N) is 1. The lowest BCUT2D eigenvalue weighted by Gasteiger charge is -2.28. The molecule has 7 heteroatoms. The summed E-state index contributed by atoms with van der Waals surface area (Å²) < 4.78 is 15.1. The lowest BCUT2D eigenvalue weighted by atomic mass is 10.0. The van der Waals surface area contributed by atoms with Crippen molar-refractivity contribution in [2.24, 2.45) is 5.73 Å². The highest BCUT2D eigenvalue weighted by atomic mass is 31.2. The smallest absolute Gasteiger partial charge is 0.272 e. The van der Waals surface area contributed by atoms with Crippen LogP contribution in [-0.2, 0) is 4.79 Å². The van der Waals surface area contributed by atoms with Crippen molar-refractivity contribution in [1.29, 1.82) is 0 Å². The molecule has 0 radical (unpaired) electrons. The number of carbonyl (C=O) groups is 1. The molecule has 0 aliphatic rings. The Kier molecular flexibility index (Phi) is 6.29. The zero-order valence-corrected chi connectivity index (χ0v) is 18.5. The van der Waals surface area contributed by atoms with Gasteiger partial charge in [0.2, 0.25) is 0 Å². The predicted molar refractivity (Wildman–Crippen MR) is 131 cm³/mol. The maximum absolute atomic E-state index is 15.1. The Morgan fingerprint density at radius 2 is 1.36 bits per heavy atom. The predicted octanol–water partition coefficient (Wildman–Crippen LogP) is 4.18. The molecule has 0 atom stereocenters. The first-order valence-corrected chi connectivity index (χ1v) is 12.2. The van der Waals surface area contributed by atoms with Crippen LogP contribution in [0, 0.1) is 15.9 Å². The van der Waals surface area contributed by atoms with Gasteiger partial charge in [0.05, 0.1) is 11.0 Å². The van der Waals surface area contributed by atoms with Gasteiger partial charge in [-0.3, -0.25) is 14.9 Å². The minimum atomic E-state index is -2.64. The Labute approximate surface area is 191 Å². The molecule has 0 saturated carbocycles. The van der Waals surface area contributed by atoms with Crippen LogP contribution in [0.4, 0.5) is 10.1 Å². The summed E-state index contributed by atoms with van der Waals surface area (Å²) in [5, 5.41) is 13.8. The first kappa shape index (κ1) is 22.3. The van der Waals surface area contributed by atoms with E-state index in [0.29, 0.717) is 5.56 Å². The van der Waals surface area contributed by atoms with Gasteiger partial charge in [-0.1, -0.05) is 54.6 Å². The number of hydrogen-bond acceptors (Lipinski definition) is 3. The third kappa shape index (κ3) is 4.26. The molecule has 0 unspecified atom stereocenters. The summed E-state index contributed by atoms with van der Waals surface area (Å²) >= 11 is 0.